The number of aliphatic hydroxyl groups excluding tert-OH is 3. The molecule has 1 saturated heterocycles. The molecular weight excluding hydrogens is 280 g/mol. The van der Waals surface area contributed by atoms with Crippen LogP contribution in [0.3, 0.4) is 0 Å². The molecule has 0 spiro atoms. The maximum absolute atomic E-state index is 11.9. The second-order valence-electron chi connectivity index (χ2n) is 4.96. The normalized spacial score (nSPS) is 29.0. The van der Waals surface area contributed by atoms with Crippen molar-refractivity contribution < 1.29 is 20.1 Å². The van der Waals surface area contributed by atoms with E-state index in [-0.39, 0.29) is 5.82 Å². The zero-order valence-corrected chi connectivity index (χ0v) is 11.4. The summed E-state index contributed by atoms with van der Waals surface area (Å²) in [7, 11) is 0. The van der Waals surface area contributed by atoms with Crippen molar-refractivity contribution in [2.45, 2.75) is 37.4 Å². The summed E-state index contributed by atoms with van der Waals surface area (Å²) in [5.74, 6) is 0.108. The summed E-state index contributed by atoms with van der Waals surface area (Å²) in [6.45, 7) is -0.00166. The van der Waals surface area contributed by atoms with Crippen LogP contribution in [-0.2, 0) is 11.2 Å². The van der Waals surface area contributed by atoms with Crippen LogP contribution in [0.5, 0.6) is 0 Å². The minimum absolute atomic E-state index is 0.108. The van der Waals surface area contributed by atoms with Gasteiger partial charge in [-0.2, -0.15) is 4.98 Å². The summed E-state index contributed by atoms with van der Waals surface area (Å²) < 4.78 is 6.38. The van der Waals surface area contributed by atoms with Crippen molar-refractivity contribution in [2.75, 3.05) is 18.9 Å². The number of aryl methyl sites for hydroxylation is 1. The first-order valence-electron chi connectivity index (χ1n) is 6.69. The molecule has 118 valence electrons. The van der Waals surface area contributed by atoms with Gasteiger partial charge in [-0.05, 0) is 19.4 Å². The van der Waals surface area contributed by atoms with Gasteiger partial charge in [0.2, 0.25) is 0 Å². The maximum atomic E-state index is 11.9. The van der Waals surface area contributed by atoms with E-state index in [0.717, 1.165) is 4.57 Å². The summed E-state index contributed by atoms with van der Waals surface area (Å²) >= 11 is 0. The molecule has 9 nitrogen and oxygen atoms in total. The summed E-state index contributed by atoms with van der Waals surface area (Å²) in [6.07, 6.45) is -2.05. The molecule has 7 N–H and O–H groups in total. The molecule has 0 amide bonds. The van der Waals surface area contributed by atoms with Crippen molar-refractivity contribution >= 4 is 5.82 Å². The standard InChI is InChI=1S/C12H20N4O5/c13-3-1-2-6-4-16(12(20)15-10(6)14)11-9(19)8(18)7(5-17)21-11/h4,7-9,11,17-19H,1-3,5,13H2,(H2,14,15,20)/t7-,8?,9?,11-/m1/s1. The van der Waals surface area contributed by atoms with E-state index in [2.05, 4.69) is 4.98 Å². The Hall–Kier alpha value is -1.52. The number of nitrogen functional groups attached to an aromatic ring is 1. The Morgan fingerprint density at radius 3 is 2.67 bits per heavy atom. The van der Waals surface area contributed by atoms with Crippen molar-refractivity contribution in [3.8, 4) is 0 Å². The van der Waals surface area contributed by atoms with Gasteiger partial charge < -0.3 is 31.5 Å². The van der Waals surface area contributed by atoms with E-state index in [1.807, 2.05) is 0 Å². The van der Waals surface area contributed by atoms with Crippen molar-refractivity contribution in [2.24, 2.45) is 5.73 Å². The van der Waals surface area contributed by atoms with Gasteiger partial charge in [0.25, 0.3) is 0 Å². The van der Waals surface area contributed by atoms with Crippen LogP contribution in [-0.4, -0.2) is 56.3 Å². The molecular formula is C12H20N4O5. The molecule has 1 aliphatic rings. The smallest absolute Gasteiger partial charge is 0.351 e. The number of hydrogen-bond acceptors (Lipinski definition) is 8. The van der Waals surface area contributed by atoms with Crippen LogP contribution in [0.2, 0.25) is 0 Å². The third kappa shape index (κ3) is 3.06. The molecule has 0 aliphatic carbocycles. The summed E-state index contributed by atoms with van der Waals surface area (Å²) in [6, 6.07) is 0. The van der Waals surface area contributed by atoms with Crippen LogP contribution in [0.15, 0.2) is 11.0 Å². The largest absolute Gasteiger partial charge is 0.394 e. The predicted molar refractivity (Wildman–Crippen MR) is 73.3 cm³/mol. The molecule has 0 radical (unpaired) electrons. The fourth-order valence-corrected chi connectivity index (χ4v) is 2.30. The molecule has 9 heteroatoms. The molecule has 0 saturated carbocycles. The maximum Gasteiger partial charge on any atom is 0.351 e. The molecule has 2 rings (SSSR count). The Morgan fingerprint density at radius 1 is 1.38 bits per heavy atom. The van der Waals surface area contributed by atoms with Gasteiger partial charge in [-0.25, -0.2) is 4.79 Å². The highest BCUT2D eigenvalue weighted by Gasteiger charge is 2.43. The molecule has 0 aromatic carbocycles. The number of rotatable bonds is 5. The number of nitrogens with two attached hydrogens (primary N) is 2. The van der Waals surface area contributed by atoms with Gasteiger partial charge in [-0.15, -0.1) is 0 Å². The molecule has 2 unspecified atom stereocenters. The van der Waals surface area contributed by atoms with Crippen LogP contribution < -0.4 is 17.2 Å². The van der Waals surface area contributed by atoms with Crippen molar-refractivity contribution in [3.63, 3.8) is 0 Å². The van der Waals surface area contributed by atoms with Gasteiger partial charge in [0, 0.05) is 11.8 Å². The Kier molecular flexibility index (Phi) is 4.91. The van der Waals surface area contributed by atoms with Gasteiger partial charge in [0.05, 0.1) is 6.61 Å². The number of aliphatic hydroxyl groups is 3. The highest BCUT2D eigenvalue weighted by molar-refractivity contribution is 5.36. The molecule has 21 heavy (non-hydrogen) atoms. The van der Waals surface area contributed by atoms with E-state index in [0.29, 0.717) is 24.9 Å². The second kappa shape index (κ2) is 6.50. The van der Waals surface area contributed by atoms with Crippen LogP contribution >= 0.6 is 0 Å². The van der Waals surface area contributed by atoms with E-state index in [1.165, 1.54) is 6.20 Å². The molecule has 1 aromatic rings. The predicted octanol–water partition coefficient (Wildman–Crippen LogP) is -2.67. The van der Waals surface area contributed by atoms with E-state index in [4.69, 9.17) is 21.3 Å². The van der Waals surface area contributed by atoms with Crippen molar-refractivity contribution in [3.05, 3.63) is 22.2 Å². The van der Waals surface area contributed by atoms with Crippen LogP contribution in [0.4, 0.5) is 5.82 Å². The first-order chi connectivity index (χ1) is 9.99. The highest BCUT2D eigenvalue weighted by atomic mass is 16.6. The highest BCUT2D eigenvalue weighted by Crippen LogP contribution is 2.28. The lowest BCUT2D eigenvalue weighted by Gasteiger charge is -2.18. The molecule has 1 aromatic heterocycles. The van der Waals surface area contributed by atoms with Crippen LogP contribution in [0.25, 0.3) is 0 Å². The molecule has 0 bridgehead atoms. The number of aromatic nitrogens is 2. The molecule has 1 fully saturated rings. The quantitative estimate of drug-likeness (QED) is 0.394. The zero-order valence-electron chi connectivity index (χ0n) is 11.4. The first kappa shape index (κ1) is 15.9. The fourth-order valence-electron chi connectivity index (χ4n) is 2.30. The lowest BCUT2D eigenvalue weighted by Crippen LogP contribution is -2.36. The fraction of sp³-hybridized carbons (Fsp3) is 0.667. The summed E-state index contributed by atoms with van der Waals surface area (Å²) in [5.41, 5.74) is 11.0. The Morgan fingerprint density at radius 2 is 2.10 bits per heavy atom. The van der Waals surface area contributed by atoms with Crippen LogP contribution in [0, 0.1) is 0 Å². The molecule has 4 atom stereocenters. The zero-order chi connectivity index (χ0) is 15.6. The lowest BCUT2D eigenvalue weighted by atomic mass is 10.1. The van der Waals surface area contributed by atoms with E-state index >= 15 is 0 Å². The van der Waals surface area contributed by atoms with Gasteiger partial charge in [-0.1, -0.05) is 0 Å². The Bertz CT molecular complexity index is 549. The SMILES string of the molecule is NCCCc1cn([C@@H]2O[C@H](CO)C(O)C2O)c(=O)nc1N. The summed E-state index contributed by atoms with van der Waals surface area (Å²) in [5, 5.41) is 28.8. The van der Waals surface area contributed by atoms with Crippen molar-refractivity contribution in [1.82, 2.24) is 9.55 Å². The van der Waals surface area contributed by atoms with Crippen LogP contribution in [0.1, 0.15) is 18.2 Å². The van der Waals surface area contributed by atoms with E-state index < -0.39 is 36.8 Å². The summed E-state index contributed by atoms with van der Waals surface area (Å²) in [4.78, 5) is 15.6. The minimum atomic E-state index is -1.34. The number of nitrogens with zero attached hydrogens (tertiary/aromatic N) is 2. The number of hydrogen-bond donors (Lipinski definition) is 5. The topological polar surface area (TPSA) is 157 Å². The number of anilines is 1. The van der Waals surface area contributed by atoms with E-state index in [1.54, 1.807) is 0 Å². The van der Waals surface area contributed by atoms with Gasteiger partial charge >= 0.3 is 5.69 Å². The minimum Gasteiger partial charge on any atom is -0.394 e. The third-order valence-corrected chi connectivity index (χ3v) is 3.50. The third-order valence-electron chi connectivity index (χ3n) is 3.50. The average molecular weight is 300 g/mol. The van der Waals surface area contributed by atoms with Crippen molar-refractivity contribution in [1.29, 1.82) is 0 Å². The van der Waals surface area contributed by atoms with Gasteiger partial charge in [-0.3, -0.25) is 4.57 Å². The lowest BCUT2D eigenvalue weighted by molar-refractivity contribution is -0.0550. The average Bonchev–Trinajstić information content (AvgIpc) is 2.74. The van der Waals surface area contributed by atoms with Gasteiger partial charge in [0.1, 0.15) is 24.1 Å². The molecule has 1 aliphatic heterocycles. The first-order valence-corrected chi connectivity index (χ1v) is 6.69. The monoisotopic (exact) mass is 300 g/mol. The van der Waals surface area contributed by atoms with E-state index in [9.17, 15) is 15.0 Å². The Balaban J connectivity index is 2.33. The Labute approximate surface area is 120 Å². The second-order valence-corrected chi connectivity index (χ2v) is 4.96. The van der Waals surface area contributed by atoms with Gasteiger partial charge in [0.15, 0.2) is 6.23 Å². The number of ether oxygens (including phenoxy) is 1. The molecule has 2 heterocycles.